The molecule has 0 spiro atoms. The number of carbonyl (C=O) groups is 1. The fourth-order valence-electron chi connectivity index (χ4n) is 2.71. The summed E-state index contributed by atoms with van der Waals surface area (Å²) in [5, 5.41) is 8.83. The van der Waals surface area contributed by atoms with Crippen molar-refractivity contribution in [2.24, 2.45) is 17.1 Å². The summed E-state index contributed by atoms with van der Waals surface area (Å²) in [4.78, 5) is 10.8. The Kier molecular flexibility index (Phi) is 4.06. The van der Waals surface area contributed by atoms with E-state index in [1.165, 1.54) is 0 Å². The van der Waals surface area contributed by atoms with E-state index in [0.29, 0.717) is 12.8 Å². The van der Waals surface area contributed by atoms with Crippen LogP contribution in [0.2, 0.25) is 0 Å². The van der Waals surface area contributed by atoms with Gasteiger partial charge in [0, 0.05) is 6.04 Å². The molecule has 0 heterocycles. The third kappa shape index (κ3) is 3.34. The molecule has 3 N–H and O–H groups in total. The minimum Gasteiger partial charge on any atom is -0.481 e. The molecule has 0 aromatic carbocycles. The zero-order valence-electron chi connectivity index (χ0n) is 9.76. The van der Waals surface area contributed by atoms with Crippen molar-refractivity contribution in [1.82, 2.24) is 0 Å². The summed E-state index contributed by atoms with van der Waals surface area (Å²) in [5.41, 5.74) is 4.81. The van der Waals surface area contributed by atoms with E-state index < -0.39 is 29.5 Å². The first kappa shape index (κ1) is 14.3. The Morgan fingerprint density at radius 2 is 2.18 bits per heavy atom. The summed E-state index contributed by atoms with van der Waals surface area (Å²) in [6, 6.07) is -0.538. The monoisotopic (exact) mass is 253 g/mol. The van der Waals surface area contributed by atoms with Gasteiger partial charge in [0.15, 0.2) is 0 Å². The highest BCUT2D eigenvalue weighted by molar-refractivity contribution is 5.67. The van der Waals surface area contributed by atoms with Crippen molar-refractivity contribution in [2.45, 2.75) is 51.2 Å². The van der Waals surface area contributed by atoms with Crippen molar-refractivity contribution in [3.63, 3.8) is 0 Å². The van der Waals surface area contributed by atoms with Crippen LogP contribution in [0.15, 0.2) is 0 Å². The first-order valence-electron chi connectivity index (χ1n) is 5.71. The first-order chi connectivity index (χ1) is 7.67. The van der Waals surface area contributed by atoms with Gasteiger partial charge in [-0.2, -0.15) is 13.2 Å². The second-order valence-corrected chi connectivity index (χ2v) is 5.06. The Bertz CT molecular complexity index is 291. The van der Waals surface area contributed by atoms with E-state index in [1.807, 2.05) is 0 Å². The van der Waals surface area contributed by atoms with Gasteiger partial charge in [0.2, 0.25) is 0 Å². The lowest BCUT2D eigenvalue weighted by molar-refractivity contribution is -0.195. The molecule has 1 aliphatic carbocycles. The molecular weight excluding hydrogens is 235 g/mol. The molecule has 0 aromatic rings. The predicted molar refractivity (Wildman–Crippen MR) is 56.3 cm³/mol. The maximum Gasteiger partial charge on any atom is 0.391 e. The largest absolute Gasteiger partial charge is 0.481 e. The van der Waals surface area contributed by atoms with Crippen molar-refractivity contribution < 1.29 is 23.1 Å². The molecule has 1 rings (SSSR count). The molecule has 1 aliphatic rings. The summed E-state index contributed by atoms with van der Waals surface area (Å²) < 4.78 is 38.1. The Balaban J connectivity index is 2.88. The molecule has 3 atom stereocenters. The lowest BCUT2D eigenvalue weighted by Gasteiger charge is -2.43. The van der Waals surface area contributed by atoms with Crippen LogP contribution in [0.3, 0.4) is 0 Å². The topological polar surface area (TPSA) is 63.3 Å². The number of halogens is 3. The van der Waals surface area contributed by atoms with Gasteiger partial charge in [-0.15, -0.1) is 0 Å². The smallest absolute Gasteiger partial charge is 0.391 e. The highest BCUT2D eigenvalue weighted by atomic mass is 19.4. The lowest BCUT2D eigenvalue weighted by atomic mass is 9.64. The van der Waals surface area contributed by atoms with E-state index in [-0.39, 0.29) is 19.3 Å². The molecule has 1 saturated carbocycles. The number of carboxylic acids is 1. The molecule has 0 aromatic heterocycles. The van der Waals surface area contributed by atoms with Gasteiger partial charge in [-0.1, -0.05) is 6.42 Å². The van der Waals surface area contributed by atoms with E-state index in [1.54, 1.807) is 6.92 Å². The van der Waals surface area contributed by atoms with E-state index in [0.717, 1.165) is 0 Å². The maximum atomic E-state index is 12.7. The molecule has 17 heavy (non-hydrogen) atoms. The fourth-order valence-corrected chi connectivity index (χ4v) is 2.71. The number of rotatable bonds is 3. The number of aliphatic carboxylic acids is 1. The molecule has 0 aliphatic heterocycles. The quantitative estimate of drug-likeness (QED) is 0.812. The number of alkyl halides is 3. The van der Waals surface area contributed by atoms with Crippen molar-refractivity contribution in [3.8, 4) is 0 Å². The van der Waals surface area contributed by atoms with Crippen LogP contribution in [0.1, 0.15) is 39.0 Å². The second kappa shape index (κ2) is 4.84. The summed E-state index contributed by atoms with van der Waals surface area (Å²) in [6.07, 6.45) is -3.77. The SMILES string of the molecule is CC(N)C1(CC(=O)O)CCCC(C(F)(F)F)C1. The van der Waals surface area contributed by atoms with Crippen LogP contribution in [0.25, 0.3) is 0 Å². The zero-order valence-corrected chi connectivity index (χ0v) is 9.76. The minimum atomic E-state index is -4.25. The van der Waals surface area contributed by atoms with Crippen LogP contribution in [-0.4, -0.2) is 23.3 Å². The van der Waals surface area contributed by atoms with Crippen LogP contribution >= 0.6 is 0 Å². The van der Waals surface area contributed by atoms with Gasteiger partial charge in [-0.05, 0) is 31.6 Å². The average Bonchev–Trinajstić information content (AvgIpc) is 2.15. The van der Waals surface area contributed by atoms with Crippen LogP contribution in [0, 0.1) is 11.3 Å². The summed E-state index contributed by atoms with van der Waals surface area (Å²) in [6.45, 7) is 1.60. The number of nitrogens with two attached hydrogens (primary N) is 1. The Labute approximate surface area is 98.2 Å². The Morgan fingerprint density at radius 3 is 2.59 bits per heavy atom. The van der Waals surface area contributed by atoms with Crippen LogP contribution < -0.4 is 5.73 Å². The van der Waals surface area contributed by atoms with E-state index in [4.69, 9.17) is 10.8 Å². The third-order valence-electron chi connectivity index (χ3n) is 3.81. The standard InChI is InChI=1S/C11H18F3NO2/c1-7(15)10(6-9(16)17)4-2-3-8(5-10)11(12,13)14/h7-8H,2-6,15H2,1H3,(H,16,17). The van der Waals surface area contributed by atoms with Gasteiger partial charge >= 0.3 is 12.1 Å². The molecule has 0 radical (unpaired) electrons. The van der Waals surface area contributed by atoms with Crippen LogP contribution in [0.5, 0.6) is 0 Å². The van der Waals surface area contributed by atoms with Gasteiger partial charge in [0.1, 0.15) is 0 Å². The van der Waals surface area contributed by atoms with Gasteiger partial charge in [-0.3, -0.25) is 4.79 Å². The van der Waals surface area contributed by atoms with E-state index >= 15 is 0 Å². The second-order valence-electron chi connectivity index (χ2n) is 5.06. The van der Waals surface area contributed by atoms with Gasteiger partial charge in [0.05, 0.1) is 12.3 Å². The van der Waals surface area contributed by atoms with Gasteiger partial charge in [-0.25, -0.2) is 0 Å². The van der Waals surface area contributed by atoms with E-state index in [9.17, 15) is 18.0 Å². The van der Waals surface area contributed by atoms with Crippen molar-refractivity contribution in [3.05, 3.63) is 0 Å². The fraction of sp³-hybridized carbons (Fsp3) is 0.909. The van der Waals surface area contributed by atoms with Crippen LogP contribution in [-0.2, 0) is 4.79 Å². The molecule has 0 saturated heterocycles. The molecule has 0 amide bonds. The molecular formula is C11H18F3NO2. The lowest BCUT2D eigenvalue weighted by Crippen LogP contribution is -2.47. The average molecular weight is 253 g/mol. The Hall–Kier alpha value is -0.780. The highest BCUT2D eigenvalue weighted by Gasteiger charge is 2.49. The van der Waals surface area contributed by atoms with E-state index in [2.05, 4.69) is 0 Å². The number of hydrogen-bond acceptors (Lipinski definition) is 2. The summed E-state index contributed by atoms with van der Waals surface area (Å²) in [5.74, 6) is -2.49. The Morgan fingerprint density at radius 1 is 1.59 bits per heavy atom. The van der Waals surface area contributed by atoms with Crippen molar-refractivity contribution >= 4 is 5.97 Å². The third-order valence-corrected chi connectivity index (χ3v) is 3.81. The normalized spacial score (nSPS) is 32.2. The molecule has 100 valence electrons. The summed E-state index contributed by atoms with van der Waals surface area (Å²) >= 11 is 0. The predicted octanol–water partition coefficient (Wildman–Crippen LogP) is 2.55. The minimum absolute atomic E-state index is 0.0809. The van der Waals surface area contributed by atoms with Gasteiger partial charge in [0.25, 0.3) is 0 Å². The maximum absolute atomic E-state index is 12.7. The zero-order chi connectivity index (χ0) is 13.3. The van der Waals surface area contributed by atoms with Crippen LogP contribution in [0.4, 0.5) is 13.2 Å². The first-order valence-corrected chi connectivity index (χ1v) is 5.71. The highest BCUT2D eigenvalue weighted by Crippen LogP contribution is 2.49. The molecule has 3 nitrogen and oxygen atoms in total. The number of hydrogen-bond donors (Lipinski definition) is 2. The molecule has 6 heteroatoms. The van der Waals surface area contributed by atoms with Gasteiger partial charge < -0.3 is 10.8 Å². The molecule has 1 fully saturated rings. The number of carboxylic acid groups (broad SMARTS) is 1. The summed E-state index contributed by atoms with van der Waals surface area (Å²) in [7, 11) is 0. The molecule has 3 unspecified atom stereocenters. The van der Waals surface area contributed by atoms with Crippen molar-refractivity contribution in [2.75, 3.05) is 0 Å². The molecule has 0 bridgehead atoms. The van der Waals surface area contributed by atoms with Crippen molar-refractivity contribution in [1.29, 1.82) is 0 Å².